The molecule has 0 saturated heterocycles. The van der Waals surface area contributed by atoms with Crippen LogP contribution < -0.4 is 0 Å². The molecule has 0 heterocycles. The SMILES string of the molecule is [194Pb].[195Pb].[196Pb].[197Pb].[198Pb].[199Pb].[200Pb].[201Pb].[202Pb].[203Pb].[205Pb].[209Pb].[210Pb].[211Pb].[212Pb].[213Pb].[214Pb]. The van der Waals surface area contributed by atoms with E-state index in [1.807, 2.05) is 0 Å². The van der Waals surface area contributed by atoms with Crippen molar-refractivity contribution >= 4 is 464 Å². The van der Waals surface area contributed by atoms with Gasteiger partial charge in [-0.1, -0.05) is 0 Å². The van der Waals surface area contributed by atoms with Gasteiger partial charge in [0.25, 0.3) is 0 Å². The maximum absolute atomic E-state index is 0. The van der Waals surface area contributed by atoms with Crippen LogP contribution in [0.1, 0.15) is 0 Å². The minimum atomic E-state index is 0. The van der Waals surface area contributed by atoms with Gasteiger partial charge in [-0.3, -0.25) is 0 Å². The van der Waals surface area contributed by atoms with Crippen molar-refractivity contribution in [3.63, 3.8) is 0 Å². The number of hydrogen-bond donors (Lipinski definition) is 0. The van der Waals surface area contributed by atoms with E-state index in [0.29, 0.717) is 0 Å². The summed E-state index contributed by atoms with van der Waals surface area (Å²) in [6, 6.07) is 0. The van der Waals surface area contributed by atoms with Crippen LogP contribution in [0.3, 0.4) is 0 Å². The van der Waals surface area contributed by atoms with Gasteiger partial charge in [-0.15, -0.1) is 0 Å². The van der Waals surface area contributed by atoms with E-state index in [2.05, 4.69) is 0 Å². The first-order valence-electron chi connectivity index (χ1n) is 0. The van der Waals surface area contributed by atoms with E-state index in [9.17, 15) is 0 Å². The minimum absolute atomic E-state index is 0. The Kier molecular flexibility index (Phi) is 952. The van der Waals surface area contributed by atoms with Crippen molar-refractivity contribution in [3.05, 3.63) is 0 Å². The maximum atomic E-state index is 0. The predicted molar refractivity (Wildman–Crippen MR) is 97.8 cm³/mol. The van der Waals surface area contributed by atoms with Gasteiger partial charge in [0.2, 0.25) is 0 Å². The fourth-order valence-electron chi connectivity index (χ4n) is 0. The second-order valence-electron chi connectivity index (χ2n) is 0. The summed E-state index contributed by atoms with van der Waals surface area (Å²) in [4.78, 5) is 0. The normalized spacial score (nSPS) is 0. The van der Waals surface area contributed by atoms with Crippen LogP contribution in [-0.2, 0) is 0 Å². The van der Waals surface area contributed by atoms with Gasteiger partial charge in [0.05, 0.1) is 0 Å². The summed E-state index contributed by atoms with van der Waals surface area (Å²) in [7, 11) is 0. The second kappa shape index (κ2) is 121. The molecule has 17 heavy (non-hydrogen) atoms. The summed E-state index contributed by atoms with van der Waals surface area (Å²) in [5, 5.41) is 0. The zero-order valence-electron chi connectivity index (χ0n) is 8.50. The molecule has 0 nitrogen and oxygen atoms in total. The molecule has 68 radical (unpaired) electrons. The number of hydrogen-bond acceptors (Lipinski definition) is 0. The smallest absolute Gasteiger partial charge is 0 e. The van der Waals surface area contributed by atoms with E-state index in [1.165, 1.54) is 0 Å². The van der Waals surface area contributed by atoms with Crippen LogP contribution >= 0.6 is 0 Å². The summed E-state index contributed by atoms with van der Waals surface area (Å²) in [6.45, 7) is 0. The fourth-order valence-corrected chi connectivity index (χ4v) is 0. The first-order chi connectivity index (χ1) is 0. The maximum Gasteiger partial charge on any atom is 0 e. The predicted octanol–water partition coefficient (Wildman–Crippen LogP) is -6.47. The molecule has 0 fully saturated rings. The molecule has 0 bridgehead atoms. The first kappa shape index (κ1) is 133. The molecular formula is Pb17. The van der Waals surface area contributed by atoms with Gasteiger partial charge in [-0.05, 0) is 0 Å². The molecule has 0 unspecified atom stereocenters. The Balaban J connectivity index is 0. The average Bonchev–Trinajstić information content (AvgIpc) is 0. The molecule has 0 aliphatic rings. The van der Waals surface area contributed by atoms with Crippen molar-refractivity contribution in [1.29, 1.82) is 0 Å². The van der Waals surface area contributed by atoms with Crippen molar-refractivity contribution in [2.75, 3.05) is 0 Å². The van der Waals surface area contributed by atoms with Gasteiger partial charge in [-0.2, -0.15) is 0 Å². The quantitative estimate of drug-likeness (QED) is 0.212. The monoisotopic (exact) mass is 3460 g/mol. The van der Waals surface area contributed by atoms with Crippen LogP contribution in [0.5, 0.6) is 0 Å². The summed E-state index contributed by atoms with van der Waals surface area (Å²) in [6.07, 6.45) is 0. The van der Waals surface area contributed by atoms with Crippen LogP contribution in [0.4, 0.5) is 0 Å². The Morgan fingerprint density at radius 2 is 1.00 bits per heavy atom. The summed E-state index contributed by atoms with van der Waals surface area (Å²) in [5.41, 5.74) is 0. The molecule has 0 N–H and O–H groups in total. The van der Waals surface area contributed by atoms with Gasteiger partial charge < -0.3 is 0 Å². The van der Waals surface area contributed by atoms with Crippen molar-refractivity contribution in [1.82, 2.24) is 0 Å². The fraction of sp³-hybridized carbons (Fsp3) is 0. The Labute approximate surface area is 448 Å². The van der Waals surface area contributed by atoms with E-state index in [4.69, 9.17) is 0 Å². The van der Waals surface area contributed by atoms with E-state index in [0.717, 1.165) is 0 Å². The van der Waals surface area contributed by atoms with Gasteiger partial charge in [-0.25, -0.2) is 0 Å². The second-order valence-corrected chi connectivity index (χ2v) is 0. The third-order valence-electron chi connectivity index (χ3n) is 0. The van der Waals surface area contributed by atoms with E-state index < -0.39 is 0 Å². The van der Waals surface area contributed by atoms with Crippen molar-refractivity contribution < 1.29 is 0 Å². The Bertz CT molecular complexity index is 0. The van der Waals surface area contributed by atoms with Crippen molar-refractivity contribution in [3.8, 4) is 0 Å². The van der Waals surface area contributed by atoms with Crippen LogP contribution in [0.2, 0.25) is 0 Å². The molecule has 0 aliphatic carbocycles. The van der Waals surface area contributed by atoms with E-state index in [-0.39, 0.29) is 464 Å². The standard InChI is InChI=1S/17Pb/i1+7;1+6;1+5;1+4;1+3;1+2;1-2;1-4;1-5;1-6;1-7;1-8;1-9;1-10;1-11;1-12;1-13. The van der Waals surface area contributed by atoms with Crippen LogP contribution in [0.15, 0.2) is 0 Å². The van der Waals surface area contributed by atoms with Crippen molar-refractivity contribution in [2.45, 2.75) is 0 Å². The van der Waals surface area contributed by atoms with Gasteiger partial charge in [0.1, 0.15) is 0 Å². The molecule has 0 saturated carbocycles. The first-order valence-corrected chi connectivity index (χ1v) is 0. The largest absolute Gasteiger partial charge is 0 e. The summed E-state index contributed by atoms with van der Waals surface area (Å²) >= 11 is 0. The molecule has 0 atom stereocenters. The average molecular weight is 3460 g/mol. The Hall–Kier alpha value is 15.7. The molecule has 0 rings (SSSR count). The Morgan fingerprint density at radius 1 is 1.00 bits per heavy atom. The zero-order valence-corrected chi connectivity index (χ0v) is 74.6. The molecular weight excluding hydrogens is 3460 g/mol. The van der Waals surface area contributed by atoms with Gasteiger partial charge >= 0.3 is 0 Å². The molecule has 0 aliphatic heterocycles. The molecule has 0 aromatic rings. The van der Waals surface area contributed by atoms with Gasteiger partial charge in [0, 0.05) is 464 Å². The van der Waals surface area contributed by atoms with Crippen LogP contribution in [0, 0.1) is 0 Å². The Morgan fingerprint density at radius 3 is 1.00 bits per heavy atom. The van der Waals surface area contributed by atoms with E-state index in [1.54, 1.807) is 0 Å². The molecule has 0 spiro atoms. The molecule has 68 valence electrons. The number of rotatable bonds is 0. The third-order valence-corrected chi connectivity index (χ3v) is 0. The molecule has 17 heteroatoms. The van der Waals surface area contributed by atoms with Crippen molar-refractivity contribution in [2.24, 2.45) is 0 Å². The molecule has 0 amide bonds. The van der Waals surface area contributed by atoms with E-state index >= 15 is 0 Å². The summed E-state index contributed by atoms with van der Waals surface area (Å²) < 4.78 is 0. The summed E-state index contributed by atoms with van der Waals surface area (Å²) in [5.74, 6) is 0. The topological polar surface area (TPSA) is 0 Å². The zero-order chi connectivity index (χ0) is 0. The molecule has 0 aromatic carbocycles. The van der Waals surface area contributed by atoms with Gasteiger partial charge in [0.15, 0.2) is 0 Å². The third kappa shape index (κ3) is 114. The minimum Gasteiger partial charge on any atom is 0 e. The van der Waals surface area contributed by atoms with Crippen LogP contribution in [0.25, 0.3) is 0 Å². The van der Waals surface area contributed by atoms with Crippen LogP contribution in [-0.4, -0.2) is 464 Å². The molecule has 0 aromatic heterocycles.